The quantitative estimate of drug-likeness (QED) is 0.692. The van der Waals surface area contributed by atoms with E-state index >= 15 is 0 Å². The van der Waals surface area contributed by atoms with Crippen LogP contribution in [0.4, 0.5) is 10.1 Å². The number of aliphatic hydroxyl groups excluding tert-OH is 1. The minimum atomic E-state index is -4.01. The molecule has 0 bridgehead atoms. The number of nitrogen functional groups attached to an aromatic ring is 1. The predicted octanol–water partition coefficient (Wildman–Crippen LogP) is 0.766. The monoisotopic (exact) mass is 276 g/mol. The highest BCUT2D eigenvalue weighted by molar-refractivity contribution is 7.89. The molecule has 0 spiro atoms. The summed E-state index contributed by atoms with van der Waals surface area (Å²) in [5.74, 6) is -0.831. The van der Waals surface area contributed by atoms with Gasteiger partial charge < -0.3 is 10.8 Å². The smallest absolute Gasteiger partial charge is 0.243 e. The Labute approximate surface area is 106 Å². The second kappa shape index (κ2) is 5.64. The molecule has 1 aromatic rings. The average molecular weight is 276 g/mol. The lowest BCUT2D eigenvalue weighted by Crippen LogP contribution is -2.32. The molecule has 1 aromatic carbocycles. The van der Waals surface area contributed by atoms with Crippen molar-refractivity contribution in [3.8, 4) is 0 Å². The van der Waals surface area contributed by atoms with Gasteiger partial charge >= 0.3 is 0 Å². The standard InChI is InChI=1S/C11H17FN2O3S/c1-3-9(15)6-14-18(16,17)10-5-8(13)4-7(2)11(10)12/h4-5,9,14-15H,3,6,13H2,1-2H3. The molecule has 0 fully saturated rings. The second-order valence-corrected chi connectivity index (χ2v) is 5.80. The summed E-state index contributed by atoms with van der Waals surface area (Å²) in [6.07, 6.45) is -0.397. The van der Waals surface area contributed by atoms with Gasteiger partial charge in [0, 0.05) is 12.2 Å². The summed E-state index contributed by atoms with van der Waals surface area (Å²) in [6.45, 7) is 2.99. The van der Waals surface area contributed by atoms with E-state index in [9.17, 15) is 17.9 Å². The molecule has 0 aliphatic carbocycles. The Kier molecular flexibility index (Phi) is 4.66. The summed E-state index contributed by atoms with van der Waals surface area (Å²) < 4.78 is 39.6. The van der Waals surface area contributed by atoms with Crippen LogP contribution >= 0.6 is 0 Å². The molecule has 0 saturated heterocycles. The van der Waals surface area contributed by atoms with Crippen LogP contribution in [0.1, 0.15) is 18.9 Å². The Morgan fingerprint density at radius 1 is 1.50 bits per heavy atom. The van der Waals surface area contributed by atoms with Crippen molar-refractivity contribution in [1.82, 2.24) is 4.72 Å². The van der Waals surface area contributed by atoms with Gasteiger partial charge in [-0.1, -0.05) is 6.92 Å². The molecule has 1 atom stereocenters. The van der Waals surface area contributed by atoms with Gasteiger partial charge in [-0.15, -0.1) is 0 Å². The number of hydrogen-bond donors (Lipinski definition) is 3. The van der Waals surface area contributed by atoms with Crippen LogP contribution in [0.15, 0.2) is 17.0 Å². The fourth-order valence-electron chi connectivity index (χ4n) is 1.39. The van der Waals surface area contributed by atoms with Gasteiger partial charge in [0.2, 0.25) is 10.0 Å². The normalized spacial score (nSPS) is 13.6. The van der Waals surface area contributed by atoms with Crippen LogP contribution in [0.25, 0.3) is 0 Å². The Balaban J connectivity index is 3.05. The highest BCUT2D eigenvalue weighted by Gasteiger charge is 2.21. The fourth-order valence-corrected chi connectivity index (χ4v) is 2.64. The molecule has 0 amide bonds. The van der Waals surface area contributed by atoms with E-state index in [1.54, 1.807) is 6.92 Å². The van der Waals surface area contributed by atoms with Crippen molar-refractivity contribution in [2.75, 3.05) is 12.3 Å². The number of rotatable bonds is 5. The lowest BCUT2D eigenvalue weighted by molar-refractivity contribution is 0.174. The third-order valence-corrected chi connectivity index (χ3v) is 3.94. The van der Waals surface area contributed by atoms with E-state index in [0.717, 1.165) is 6.07 Å². The number of hydrogen-bond acceptors (Lipinski definition) is 4. The Hall–Kier alpha value is -1.18. The largest absolute Gasteiger partial charge is 0.399 e. The summed E-state index contributed by atoms with van der Waals surface area (Å²) in [4.78, 5) is -0.497. The second-order valence-electron chi connectivity index (χ2n) is 4.06. The predicted molar refractivity (Wildman–Crippen MR) is 67.0 cm³/mol. The summed E-state index contributed by atoms with van der Waals surface area (Å²) in [6, 6.07) is 2.41. The Bertz CT molecular complexity index is 531. The Morgan fingerprint density at radius 2 is 2.11 bits per heavy atom. The van der Waals surface area contributed by atoms with E-state index in [1.807, 2.05) is 0 Å². The van der Waals surface area contributed by atoms with E-state index in [4.69, 9.17) is 5.73 Å². The molecule has 0 aliphatic heterocycles. The molecular weight excluding hydrogens is 259 g/mol. The number of aryl methyl sites for hydroxylation is 1. The summed E-state index contributed by atoms with van der Waals surface area (Å²) >= 11 is 0. The number of aliphatic hydroxyl groups is 1. The van der Waals surface area contributed by atoms with Crippen molar-refractivity contribution < 1.29 is 17.9 Å². The topological polar surface area (TPSA) is 92.4 Å². The lowest BCUT2D eigenvalue weighted by Gasteiger charge is -2.12. The summed E-state index contributed by atoms with van der Waals surface area (Å²) in [5.41, 5.74) is 5.83. The van der Waals surface area contributed by atoms with Gasteiger partial charge in [0.25, 0.3) is 0 Å². The van der Waals surface area contributed by atoms with Crippen molar-refractivity contribution in [2.24, 2.45) is 0 Å². The highest BCUT2D eigenvalue weighted by Crippen LogP contribution is 2.21. The molecule has 102 valence electrons. The molecule has 0 radical (unpaired) electrons. The number of benzene rings is 1. The van der Waals surface area contributed by atoms with Crippen molar-refractivity contribution in [3.05, 3.63) is 23.5 Å². The van der Waals surface area contributed by atoms with E-state index in [-0.39, 0.29) is 17.8 Å². The summed E-state index contributed by atoms with van der Waals surface area (Å²) in [7, 11) is -4.01. The lowest BCUT2D eigenvalue weighted by atomic mass is 10.2. The first-order valence-corrected chi connectivity index (χ1v) is 6.99. The van der Waals surface area contributed by atoms with Crippen molar-refractivity contribution in [2.45, 2.75) is 31.3 Å². The number of nitrogens with one attached hydrogen (secondary N) is 1. The molecule has 4 N–H and O–H groups in total. The van der Waals surface area contributed by atoms with E-state index < -0.39 is 26.8 Å². The molecule has 7 heteroatoms. The number of nitrogens with two attached hydrogens (primary N) is 1. The molecule has 0 heterocycles. The van der Waals surface area contributed by atoms with Crippen LogP contribution in [-0.2, 0) is 10.0 Å². The van der Waals surface area contributed by atoms with Gasteiger partial charge in [-0.25, -0.2) is 17.5 Å². The maximum atomic E-state index is 13.7. The average Bonchev–Trinajstić information content (AvgIpc) is 2.30. The number of anilines is 1. The van der Waals surface area contributed by atoms with E-state index in [0.29, 0.717) is 6.42 Å². The minimum Gasteiger partial charge on any atom is -0.399 e. The van der Waals surface area contributed by atoms with Gasteiger partial charge in [-0.2, -0.15) is 0 Å². The van der Waals surface area contributed by atoms with Gasteiger partial charge in [0.15, 0.2) is 0 Å². The van der Waals surface area contributed by atoms with E-state index in [2.05, 4.69) is 4.72 Å². The van der Waals surface area contributed by atoms with Crippen LogP contribution in [-0.4, -0.2) is 26.2 Å². The first-order chi connectivity index (χ1) is 8.27. The summed E-state index contributed by atoms with van der Waals surface area (Å²) in [5, 5.41) is 9.30. The van der Waals surface area contributed by atoms with Crippen LogP contribution < -0.4 is 10.5 Å². The van der Waals surface area contributed by atoms with Crippen LogP contribution in [0.3, 0.4) is 0 Å². The van der Waals surface area contributed by atoms with Crippen LogP contribution in [0.2, 0.25) is 0 Å². The van der Waals surface area contributed by atoms with Crippen molar-refractivity contribution in [1.29, 1.82) is 0 Å². The molecule has 0 aromatic heterocycles. The first kappa shape index (κ1) is 14.9. The molecular formula is C11H17FN2O3S. The van der Waals surface area contributed by atoms with Crippen molar-refractivity contribution in [3.63, 3.8) is 0 Å². The van der Waals surface area contributed by atoms with Crippen LogP contribution in [0, 0.1) is 12.7 Å². The molecule has 1 rings (SSSR count). The van der Waals surface area contributed by atoms with E-state index in [1.165, 1.54) is 13.0 Å². The van der Waals surface area contributed by atoms with Crippen LogP contribution in [0.5, 0.6) is 0 Å². The SMILES string of the molecule is CCC(O)CNS(=O)(=O)c1cc(N)cc(C)c1F. The number of halogens is 1. The minimum absolute atomic E-state index is 0.159. The number of sulfonamides is 1. The molecule has 0 saturated carbocycles. The third kappa shape index (κ3) is 3.41. The molecule has 5 nitrogen and oxygen atoms in total. The highest BCUT2D eigenvalue weighted by atomic mass is 32.2. The first-order valence-electron chi connectivity index (χ1n) is 5.51. The zero-order valence-corrected chi connectivity index (χ0v) is 11.1. The Morgan fingerprint density at radius 3 is 2.67 bits per heavy atom. The fraction of sp³-hybridized carbons (Fsp3) is 0.455. The molecule has 18 heavy (non-hydrogen) atoms. The molecule has 1 unspecified atom stereocenters. The molecule has 0 aliphatic rings. The van der Waals surface area contributed by atoms with Gasteiger partial charge in [0.1, 0.15) is 10.7 Å². The van der Waals surface area contributed by atoms with Gasteiger partial charge in [-0.3, -0.25) is 0 Å². The maximum Gasteiger partial charge on any atom is 0.243 e. The van der Waals surface area contributed by atoms with Gasteiger partial charge in [-0.05, 0) is 31.0 Å². The zero-order valence-electron chi connectivity index (χ0n) is 10.3. The third-order valence-electron chi connectivity index (χ3n) is 2.51. The van der Waals surface area contributed by atoms with Gasteiger partial charge in [0.05, 0.1) is 6.10 Å². The maximum absolute atomic E-state index is 13.7. The zero-order chi connectivity index (χ0) is 13.9. The van der Waals surface area contributed by atoms with Crippen molar-refractivity contribution >= 4 is 15.7 Å².